The first-order chi connectivity index (χ1) is 8.16. The fourth-order valence-electron chi connectivity index (χ4n) is 1.15. The summed E-state index contributed by atoms with van der Waals surface area (Å²) in [4.78, 5) is 18.6. The normalized spacial score (nSPS) is 9.94. The Hall–Kier alpha value is -2.14. The van der Waals surface area contributed by atoms with Crippen molar-refractivity contribution in [3.63, 3.8) is 0 Å². The lowest BCUT2D eigenvalue weighted by Crippen LogP contribution is -2.13. The molecule has 1 amide bonds. The average molecular weight is 250 g/mol. The molecular formula is C11H8ClN3O2. The first-order valence-electron chi connectivity index (χ1n) is 4.72. The van der Waals surface area contributed by atoms with Gasteiger partial charge < -0.3 is 10.5 Å². The molecule has 0 radical (unpaired) electrons. The van der Waals surface area contributed by atoms with E-state index < -0.39 is 5.91 Å². The highest BCUT2D eigenvalue weighted by Crippen LogP contribution is 2.26. The number of nitrogens with zero attached hydrogens (tertiary/aromatic N) is 2. The van der Waals surface area contributed by atoms with Crippen molar-refractivity contribution < 1.29 is 9.53 Å². The second-order valence-corrected chi connectivity index (χ2v) is 3.53. The zero-order valence-corrected chi connectivity index (χ0v) is 9.39. The highest BCUT2D eigenvalue weighted by Gasteiger charge is 2.07. The van der Waals surface area contributed by atoms with Crippen molar-refractivity contribution in [3.05, 3.63) is 47.2 Å². The summed E-state index contributed by atoms with van der Waals surface area (Å²) >= 11 is 5.90. The number of hydrogen-bond acceptors (Lipinski definition) is 4. The predicted molar refractivity (Wildman–Crippen MR) is 62.1 cm³/mol. The molecule has 0 saturated heterocycles. The van der Waals surface area contributed by atoms with Crippen LogP contribution in [-0.2, 0) is 0 Å². The minimum absolute atomic E-state index is 0.0226. The van der Waals surface area contributed by atoms with Crippen LogP contribution < -0.4 is 10.5 Å². The Balaban J connectivity index is 2.28. The van der Waals surface area contributed by atoms with Crippen LogP contribution in [0.25, 0.3) is 0 Å². The van der Waals surface area contributed by atoms with Gasteiger partial charge >= 0.3 is 6.01 Å². The summed E-state index contributed by atoms with van der Waals surface area (Å²) in [5, 5.41) is 0.431. The van der Waals surface area contributed by atoms with Gasteiger partial charge in [0.2, 0.25) is 0 Å². The molecule has 17 heavy (non-hydrogen) atoms. The lowest BCUT2D eigenvalue weighted by atomic mass is 10.3. The van der Waals surface area contributed by atoms with E-state index in [2.05, 4.69) is 9.97 Å². The number of rotatable bonds is 3. The maximum Gasteiger partial charge on any atom is 0.322 e. The standard InChI is InChI=1S/C11H8ClN3O2/c12-7-3-1-2-4-9(7)17-11-14-6-5-8(15-11)10(13)16/h1-6H,(H2,13,16). The van der Waals surface area contributed by atoms with Gasteiger partial charge in [0, 0.05) is 6.20 Å². The number of para-hydroxylation sites is 1. The minimum atomic E-state index is -0.642. The van der Waals surface area contributed by atoms with E-state index in [1.807, 2.05) is 0 Å². The van der Waals surface area contributed by atoms with Crippen LogP contribution in [0.4, 0.5) is 0 Å². The molecule has 2 N–H and O–H groups in total. The monoisotopic (exact) mass is 249 g/mol. The van der Waals surface area contributed by atoms with Gasteiger partial charge in [-0.1, -0.05) is 23.7 Å². The van der Waals surface area contributed by atoms with Crippen LogP contribution in [-0.4, -0.2) is 15.9 Å². The van der Waals surface area contributed by atoms with E-state index in [1.54, 1.807) is 24.3 Å². The van der Waals surface area contributed by atoms with E-state index in [4.69, 9.17) is 22.1 Å². The Morgan fingerprint density at radius 2 is 2.06 bits per heavy atom. The Kier molecular flexibility index (Phi) is 3.20. The maximum absolute atomic E-state index is 10.9. The SMILES string of the molecule is NC(=O)c1ccnc(Oc2ccccc2Cl)n1. The highest BCUT2D eigenvalue weighted by atomic mass is 35.5. The molecule has 0 unspecified atom stereocenters. The second-order valence-electron chi connectivity index (χ2n) is 3.12. The molecule has 6 heteroatoms. The Morgan fingerprint density at radius 3 is 2.76 bits per heavy atom. The van der Waals surface area contributed by atoms with Crippen molar-refractivity contribution in [2.45, 2.75) is 0 Å². The molecule has 0 atom stereocenters. The largest absolute Gasteiger partial charge is 0.423 e. The van der Waals surface area contributed by atoms with Gasteiger partial charge in [0.1, 0.15) is 11.4 Å². The molecule has 0 aliphatic carbocycles. The molecule has 0 fully saturated rings. The summed E-state index contributed by atoms with van der Waals surface area (Å²) in [6, 6.07) is 8.31. The van der Waals surface area contributed by atoms with Gasteiger partial charge in [-0.3, -0.25) is 4.79 Å². The number of primary amides is 1. The van der Waals surface area contributed by atoms with E-state index >= 15 is 0 Å². The van der Waals surface area contributed by atoms with Crippen LogP contribution in [0.1, 0.15) is 10.5 Å². The van der Waals surface area contributed by atoms with Crippen LogP contribution in [0, 0.1) is 0 Å². The number of nitrogens with two attached hydrogens (primary N) is 1. The zero-order chi connectivity index (χ0) is 12.3. The molecule has 5 nitrogen and oxygen atoms in total. The molecule has 86 valence electrons. The van der Waals surface area contributed by atoms with E-state index in [0.29, 0.717) is 10.8 Å². The molecule has 2 rings (SSSR count). The van der Waals surface area contributed by atoms with Crippen LogP contribution in [0.15, 0.2) is 36.5 Å². The third-order valence-corrected chi connectivity index (χ3v) is 2.24. The van der Waals surface area contributed by atoms with Crippen molar-refractivity contribution in [2.24, 2.45) is 5.73 Å². The van der Waals surface area contributed by atoms with Crippen LogP contribution >= 0.6 is 11.6 Å². The topological polar surface area (TPSA) is 78.1 Å². The predicted octanol–water partition coefficient (Wildman–Crippen LogP) is 2.02. The number of carbonyl (C=O) groups excluding carboxylic acids is 1. The molecule has 0 aliphatic rings. The van der Waals surface area contributed by atoms with E-state index in [0.717, 1.165) is 0 Å². The Morgan fingerprint density at radius 1 is 1.29 bits per heavy atom. The van der Waals surface area contributed by atoms with Gasteiger partial charge in [0.15, 0.2) is 0 Å². The average Bonchev–Trinajstić information content (AvgIpc) is 2.32. The van der Waals surface area contributed by atoms with E-state index in [9.17, 15) is 4.79 Å². The summed E-state index contributed by atoms with van der Waals surface area (Å²) in [5.74, 6) is -0.229. The number of benzene rings is 1. The summed E-state index contributed by atoms with van der Waals surface area (Å²) in [6.07, 6.45) is 1.39. The van der Waals surface area contributed by atoms with Crippen molar-refractivity contribution in [1.82, 2.24) is 9.97 Å². The molecule has 0 spiro atoms. The fourth-order valence-corrected chi connectivity index (χ4v) is 1.33. The van der Waals surface area contributed by atoms with E-state index in [-0.39, 0.29) is 11.7 Å². The number of carbonyl (C=O) groups is 1. The van der Waals surface area contributed by atoms with Gasteiger partial charge in [-0.25, -0.2) is 4.98 Å². The van der Waals surface area contributed by atoms with E-state index in [1.165, 1.54) is 12.3 Å². The highest BCUT2D eigenvalue weighted by molar-refractivity contribution is 6.32. The zero-order valence-electron chi connectivity index (χ0n) is 8.63. The molecule has 1 heterocycles. The van der Waals surface area contributed by atoms with Crippen LogP contribution in [0.5, 0.6) is 11.8 Å². The smallest absolute Gasteiger partial charge is 0.322 e. The molecule has 0 bridgehead atoms. The first-order valence-corrected chi connectivity index (χ1v) is 5.10. The summed E-state index contributed by atoms with van der Waals surface area (Å²) in [5.41, 5.74) is 5.18. The van der Waals surface area contributed by atoms with Crippen molar-refractivity contribution in [1.29, 1.82) is 0 Å². The Labute approximate surface area is 102 Å². The van der Waals surface area contributed by atoms with Crippen molar-refractivity contribution in [2.75, 3.05) is 0 Å². The third kappa shape index (κ3) is 2.70. The number of aromatic nitrogens is 2. The number of ether oxygens (including phenoxy) is 1. The van der Waals surface area contributed by atoms with Crippen molar-refractivity contribution >= 4 is 17.5 Å². The molecule has 1 aromatic heterocycles. The third-order valence-electron chi connectivity index (χ3n) is 1.92. The van der Waals surface area contributed by atoms with Gasteiger partial charge in [0.05, 0.1) is 5.02 Å². The molecule has 0 aliphatic heterocycles. The van der Waals surface area contributed by atoms with Crippen molar-refractivity contribution in [3.8, 4) is 11.8 Å². The fraction of sp³-hybridized carbons (Fsp3) is 0. The number of amides is 1. The summed E-state index contributed by atoms with van der Waals surface area (Å²) in [6.45, 7) is 0. The number of hydrogen-bond donors (Lipinski definition) is 1. The first kappa shape index (κ1) is 11.3. The lowest BCUT2D eigenvalue weighted by molar-refractivity contribution is 0.0994. The lowest BCUT2D eigenvalue weighted by Gasteiger charge is -2.05. The molecule has 2 aromatic rings. The molecule has 0 saturated carbocycles. The molecular weight excluding hydrogens is 242 g/mol. The van der Waals surface area contributed by atoms with Gasteiger partial charge in [0.25, 0.3) is 5.91 Å². The van der Waals surface area contributed by atoms with Gasteiger partial charge in [-0.05, 0) is 18.2 Å². The van der Waals surface area contributed by atoms with Gasteiger partial charge in [-0.2, -0.15) is 4.98 Å². The quantitative estimate of drug-likeness (QED) is 0.903. The summed E-state index contributed by atoms with van der Waals surface area (Å²) < 4.78 is 5.34. The van der Waals surface area contributed by atoms with Crippen LogP contribution in [0.3, 0.4) is 0 Å². The molecule has 1 aromatic carbocycles. The maximum atomic E-state index is 10.9. The van der Waals surface area contributed by atoms with Gasteiger partial charge in [-0.15, -0.1) is 0 Å². The number of halogens is 1. The second kappa shape index (κ2) is 4.80. The summed E-state index contributed by atoms with van der Waals surface area (Å²) in [7, 11) is 0. The van der Waals surface area contributed by atoms with Crippen LogP contribution in [0.2, 0.25) is 5.02 Å². The minimum Gasteiger partial charge on any atom is -0.423 e. The Bertz CT molecular complexity index is 560.